The highest BCUT2D eigenvalue weighted by atomic mass is 35.5. The summed E-state index contributed by atoms with van der Waals surface area (Å²) in [6.45, 7) is 5.59. The average molecular weight is 583 g/mol. The number of hydrogen-bond donors (Lipinski definition) is 4. The number of carbonyl (C=O) groups is 1. The Hall–Kier alpha value is -2.61. The van der Waals surface area contributed by atoms with Gasteiger partial charge in [-0.25, -0.2) is 9.18 Å². The summed E-state index contributed by atoms with van der Waals surface area (Å²) in [6.07, 6.45) is -2.37. The lowest BCUT2D eigenvalue weighted by Gasteiger charge is -2.37. The Morgan fingerprint density at radius 2 is 1.92 bits per heavy atom. The second kappa shape index (κ2) is 12.7. The van der Waals surface area contributed by atoms with Crippen LogP contribution in [-0.2, 0) is 10.2 Å². The number of hydrogen-bond acceptors (Lipinski definition) is 7. The Bertz CT molecular complexity index is 1220. The highest BCUT2D eigenvalue weighted by Gasteiger charge is 2.61. The molecule has 1 saturated heterocycles. The number of nitrogens with one attached hydrogen (secondary N) is 2. The molecule has 0 aromatic heterocycles. The summed E-state index contributed by atoms with van der Waals surface area (Å²) < 4.78 is 27.1. The minimum atomic E-state index is -1.57. The monoisotopic (exact) mass is 581 g/mol. The molecule has 39 heavy (non-hydrogen) atoms. The van der Waals surface area contributed by atoms with Gasteiger partial charge in [0.15, 0.2) is 6.23 Å². The van der Waals surface area contributed by atoms with Crippen LogP contribution in [0.5, 0.6) is 5.75 Å². The smallest absolute Gasteiger partial charge is 0.408 e. The molecular formula is C28H34Cl2FN3O5. The second-order valence-electron chi connectivity index (χ2n) is 10.8. The van der Waals surface area contributed by atoms with E-state index in [1.165, 1.54) is 19.2 Å². The average Bonchev–Trinajstić information content (AvgIpc) is 3.14. The van der Waals surface area contributed by atoms with Gasteiger partial charge in [-0.3, -0.25) is 5.32 Å². The lowest BCUT2D eigenvalue weighted by molar-refractivity contribution is 0.0685. The van der Waals surface area contributed by atoms with Gasteiger partial charge in [-0.2, -0.15) is 5.26 Å². The predicted octanol–water partition coefficient (Wildman–Crippen LogP) is 4.89. The van der Waals surface area contributed by atoms with Crippen molar-refractivity contribution in [3.63, 3.8) is 0 Å². The number of rotatable bonds is 9. The first-order chi connectivity index (χ1) is 18.4. The normalized spacial score (nSPS) is 23.6. The van der Waals surface area contributed by atoms with Gasteiger partial charge in [0, 0.05) is 33.8 Å². The van der Waals surface area contributed by atoms with Gasteiger partial charge in [0.2, 0.25) is 0 Å². The van der Waals surface area contributed by atoms with Crippen LogP contribution in [0.25, 0.3) is 0 Å². The van der Waals surface area contributed by atoms with Crippen LogP contribution in [0.3, 0.4) is 0 Å². The molecule has 1 fully saturated rings. The van der Waals surface area contributed by atoms with Crippen molar-refractivity contribution in [2.45, 2.75) is 63.3 Å². The Balaban J connectivity index is 2.19. The quantitative estimate of drug-likeness (QED) is 0.332. The fourth-order valence-corrected chi connectivity index (χ4v) is 5.49. The van der Waals surface area contributed by atoms with Gasteiger partial charge >= 0.3 is 6.09 Å². The number of halogens is 3. The van der Waals surface area contributed by atoms with Gasteiger partial charge in [-0.1, -0.05) is 50.0 Å². The van der Waals surface area contributed by atoms with Crippen LogP contribution in [0.2, 0.25) is 10.0 Å². The Kier molecular flexibility index (Phi) is 10.1. The van der Waals surface area contributed by atoms with E-state index in [2.05, 4.69) is 16.7 Å². The first-order valence-corrected chi connectivity index (χ1v) is 13.3. The zero-order chi connectivity index (χ0) is 29.0. The van der Waals surface area contributed by atoms with Crippen LogP contribution < -0.4 is 15.4 Å². The summed E-state index contributed by atoms with van der Waals surface area (Å²) in [6, 6.07) is 10.8. The SMILES string of the molecule is COc1ccc(Cl)cc1[C@H]1[C@@H](OC(=O)NCC[C@H](O)CO)N[C@@H](CC(C)(C)C)[C@]1(C#N)c1ccc(Cl)cc1F. The van der Waals surface area contributed by atoms with Crippen LogP contribution in [-0.4, -0.2) is 54.9 Å². The molecule has 0 spiro atoms. The third-order valence-corrected chi connectivity index (χ3v) is 7.28. The first kappa shape index (κ1) is 30.9. The van der Waals surface area contributed by atoms with Crippen LogP contribution in [0.1, 0.15) is 50.7 Å². The van der Waals surface area contributed by atoms with E-state index in [1.54, 1.807) is 18.2 Å². The molecule has 3 rings (SSSR count). The van der Waals surface area contributed by atoms with Crippen molar-refractivity contribution in [3.8, 4) is 11.8 Å². The predicted molar refractivity (Wildman–Crippen MR) is 146 cm³/mol. The molecule has 0 unspecified atom stereocenters. The van der Waals surface area contributed by atoms with Crippen molar-refractivity contribution < 1.29 is 28.9 Å². The largest absolute Gasteiger partial charge is 0.496 e. The van der Waals surface area contributed by atoms with Gasteiger partial charge in [-0.15, -0.1) is 0 Å². The molecule has 4 N–H and O–H groups in total. The summed E-state index contributed by atoms with van der Waals surface area (Å²) in [5.74, 6) is -1.23. The Morgan fingerprint density at radius 3 is 2.51 bits per heavy atom. The summed E-state index contributed by atoms with van der Waals surface area (Å²) >= 11 is 12.4. The second-order valence-corrected chi connectivity index (χ2v) is 11.7. The minimum absolute atomic E-state index is 0.0407. The summed E-state index contributed by atoms with van der Waals surface area (Å²) in [5.41, 5.74) is -1.32. The van der Waals surface area contributed by atoms with Crippen molar-refractivity contribution in [2.75, 3.05) is 20.3 Å². The summed E-state index contributed by atoms with van der Waals surface area (Å²) in [5, 5.41) is 35.9. The molecule has 1 amide bonds. The number of carbonyl (C=O) groups excluding carboxylic acids is 1. The van der Waals surface area contributed by atoms with E-state index in [4.69, 9.17) is 37.8 Å². The third kappa shape index (κ3) is 6.94. The van der Waals surface area contributed by atoms with Gasteiger partial charge in [-0.05, 0) is 48.6 Å². The molecule has 1 heterocycles. The fourth-order valence-electron chi connectivity index (χ4n) is 5.15. The van der Waals surface area contributed by atoms with Crippen LogP contribution in [0.15, 0.2) is 36.4 Å². The van der Waals surface area contributed by atoms with Gasteiger partial charge in [0.1, 0.15) is 17.0 Å². The molecule has 5 atom stereocenters. The number of amides is 1. The molecular weight excluding hydrogens is 548 g/mol. The maximum atomic E-state index is 15.7. The fraction of sp³-hybridized carbons (Fsp3) is 0.500. The maximum Gasteiger partial charge on any atom is 0.408 e. The van der Waals surface area contributed by atoms with Gasteiger partial charge in [0.05, 0.1) is 31.8 Å². The lowest BCUT2D eigenvalue weighted by atomic mass is 9.63. The molecule has 0 bridgehead atoms. The molecule has 1 aliphatic heterocycles. The Labute approximate surface area is 238 Å². The number of ether oxygens (including phenoxy) is 2. The molecule has 8 nitrogen and oxygen atoms in total. The van der Waals surface area contributed by atoms with E-state index in [1.807, 2.05) is 20.8 Å². The van der Waals surface area contributed by atoms with E-state index < -0.39 is 48.2 Å². The van der Waals surface area contributed by atoms with Crippen LogP contribution in [0, 0.1) is 22.6 Å². The third-order valence-electron chi connectivity index (χ3n) is 6.81. The summed E-state index contributed by atoms with van der Waals surface area (Å²) in [4.78, 5) is 12.9. The highest BCUT2D eigenvalue weighted by Crippen LogP contribution is 2.54. The van der Waals surface area contributed by atoms with Crippen molar-refractivity contribution in [1.29, 1.82) is 5.26 Å². The standard InChI is InChI=1S/C28H34Cl2FN3O5/c1-27(2,3)13-23-28(15-32,20-7-5-17(30)12-21(20)31)24(19-11-16(29)6-8-22(19)38-4)25(34-23)39-26(37)33-10-9-18(36)14-35/h5-8,11-12,18,23-25,34-36H,9-10,13-14H2,1-4H3,(H,33,37)/t18-,23-,24-,25+,28-/m0/s1. The molecule has 212 valence electrons. The van der Waals surface area contributed by atoms with E-state index in [0.29, 0.717) is 22.8 Å². The van der Waals surface area contributed by atoms with Crippen molar-refractivity contribution in [3.05, 3.63) is 63.4 Å². The molecule has 2 aromatic rings. The number of nitriles is 1. The van der Waals surface area contributed by atoms with E-state index in [-0.39, 0.29) is 29.0 Å². The number of aliphatic hydroxyl groups is 2. The molecule has 0 aliphatic carbocycles. The summed E-state index contributed by atoms with van der Waals surface area (Å²) in [7, 11) is 1.47. The van der Waals surface area contributed by atoms with Gasteiger partial charge < -0.3 is 25.0 Å². The lowest BCUT2D eigenvalue weighted by Crippen LogP contribution is -2.44. The Morgan fingerprint density at radius 1 is 1.26 bits per heavy atom. The zero-order valence-electron chi connectivity index (χ0n) is 22.3. The highest BCUT2D eigenvalue weighted by molar-refractivity contribution is 6.31. The maximum absolute atomic E-state index is 15.7. The van der Waals surface area contributed by atoms with Crippen molar-refractivity contribution >= 4 is 29.3 Å². The van der Waals surface area contributed by atoms with Gasteiger partial charge in [0.25, 0.3) is 0 Å². The van der Waals surface area contributed by atoms with Crippen LogP contribution >= 0.6 is 23.2 Å². The molecule has 0 saturated carbocycles. The molecule has 0 radical (unpaired) electrons. The molecule has 2 aromatic carbocycles. The number of methoxy groups -OCH3 is 1. The van der Waals surface area contributed by atoms with Crippen molar-refractivity contribution in [2.24, 2.45) is 5.41 Å². The number of alkyl carbamates (subject to hydrolysis) is 1. The molecule has 1 aliphatic rings. The molecule has 11 heteroatoms. The van der Waals surface area contributed by atoms with E-state index in [0.717, 1.165) is 6.07 Å². The first-order valence-electron chi connectivity index (χ1n) is 12.6. The van der Waals surface area contributed by atoms with E-state index in [9.17, 15) is 15.2 Å². The van der Waals surface area contributed by atoms with Crippen molar-refractivity contribution in [1.82, 2.24) is 10.6 Å². The van der Waals surface area contributed by atoms with E-state index >= 15 is 4.39 Å². The number of nitrogens with zero attached hydrogens (tertiary/aromatic N) is 1. The van der Waals surface area contributed by atoms with Crippen LogP contribution in [0.4, 0.5) is 9.18 Å². The minimum Gasteiger partial charge on any atom is -0.496 e. The zero-order valence-corrected chi connectivity index (χ0v) is 23.8. The number of benzene rings is 2. The number of aliphatic hydroxyl groups excluding tert-OH is 2. The topological polar surface area (TPSA) is 124 Å².